The van der Waals surface area contributed by atoms with Gasteiger partial charge in [0, 0.05) is 94.5 Å². The summed E-state index contributed by atoms with van der Waals surface area (Å²) < 4.78 is 49.8. The summed E-state index contributed by atoms with van der Waals surface area (Å²) in [7, 11) is -6.10. The first-order chi connectivity index (χ1) is 38.1. The molecule has 0 aromatic carbocycles. The summed E-state index contributed by atoms with van der Waals surface area (Å²) in [5.74, 6) is 3.69. The number of pyridine rings is 1. The van der Waals surface area contributed by atoms with Gasteiger partial charge in [-0.2, -0.15) is 8.61 Å². The van der Waals surface area contributed by atoms with E-state index >= 15 is 0 Å². The Labute approximate surface area is 499 Å². The van der Waals surface area contributed by atoms with Gasteiger partial charge in [-0.05, 0) is 185 Å². The molecule has 6 N–H and O–H groups in total. The van der Waals surface area contributed by atoms with Gasteiger partial charge in [-0.3, -0.25) is 14.7 Å². The number of rotatable bonds is 23. The van der Waals surface area contributed by atoms with Crippen LogP contribution in [-0.4, -0.2) is 218 Å². The molecule has 5 saturated heterocycles. The lowest BCUT2D eigenvalue weighted by Gasteiger charge is -2.34. The van der Waals surface area contributed by atoms with Crippen molar-refractivity contribution >= 4 is 26.0 Å². The Morgan fingerprint density at radius 1 is 0.519 bits per heavy atom. The average molecular weight is 1190 g/mol. The number of sulfonamides is 2. The van der Waals surface area contributed by atoms with Gasteiger partial charge in [0.05, 0.1) is 18.1 Å². The maximum Gasteiger partial charge on any atom is 0.255 e. The Kier molecular flexibility index (Phi) is 40.8. The third kappa shape index (κ3) is 35.4. The molecule has 5 aliphatic rings. The lowest BCUT2D eigenvalue weighted by Crippen LogP contribution is -2.47. The van der Waals surface area contributed by atoms with Crippen LogP contribution in [0.4, 0.5) is 0 Å². The molecule has 1 amide bonds. The van der Waals surface area contributed by atoms with Gasteiger partial charge in [-0.25, -0.2) is 16.8 Å². The number of likely N-dealkylation sites (N-methyl/N-ethyl adjacent to an activating group) is 1. The molecule has 81 heavy (non-hydrogen) atoms. The van der Waals surface area contributed by atoms with Crippen LogP contribution < -0.4 is 31.9 Å². The third-order valence-corrected chi connectivity index (χ3v) is 17.6. The van der Waals surface area contributed by atoms with Crippen LogP contribution in [-0.2, 0) is 20.0 Å². The second kappa shape index (κ2) is 42.9. The molecule has 0 aliphatic carbocycles. The highest BCUT2D eigenvalue weighted by Crippen LogP contribution is 2.19. The zero-order valence-corrected chi connectivity index (χ0v) is 56.8. The van der Waals surface area contributed by atoms with E-state index < -0.39 is 20.0 Å². The van der Waals surface area contributed by atoms with E-state index in [2.05, 4.69) is 130 Å². The molecule has 5 fully saturated rings. The van der Waals surface area contributed by atoms with E-state index in [1.807, 2.05) is 38.7 Å². The van der Waals surface area contributed by atoms with Crippen LogP contribution in [0, 0.1) is 35.5 Å². The number of piperidine rings is 3. The van der Waals surface area contributed by atoms with Crippen molar-refractivity contribution in [3.05, 3.63) is 30.1 Å². The minimum atomic E-state index is -3.05. The molecular weight excluding hydrogens is 1060 g/mol. The van der Waals surface area contributed by atoms with E-state index in [1.54, 1.807) is 27.1 Å². The molecule has 6 rings (SSSR count). The van der Waals surface area contributed by atoms with E-state index in [0.717, 1.165) is 87.9 Å². The molecule has 0 spiro atoms. The van der Waals surface area contributed by atoms with Crippen molar-refractivity contribution in [3.8, 4) is 0 Å². The van der Waals surface area contributed by atoms with E-state index in [1.165, 1.54) is 117 Å². The smallest absolute Gasteiger partial charge is 0.255 e. The normalized spacial score (nSPS) is 19.6. The van der Waals surface area contributed by atoms with Gasteiger partial charge in [0.2, 0.25) is 20.0 Å². The summed E-state index contributed by atoms with van der Waals surface area (Å²) >= 11 is 0. The maximum absolute atomic E-state index is 12.2. The molecule has 6 heterocycles. The highest BCUT2D eigenvalue weighted by Gasteiger charge is 2.30. The first kappa shape index (κ1) is 77.1. The van der Waals surface area contributed by atoms with Crippen LogP contribution in [0.2, 0.25) is 0 Å². The molecule has 0 saturated carbocycles. The predicted molar refractivity (Wildman–Crippen MR) is 345 cm³/mol. The Bertz CT molecular complexity index is 1920. The largest absolute Gasteiger partial charge is 0.336 e. The molecule has 2 atom stereocenters. The number of hydrogen-bond acceptors (Lipinski definition) is 14. The molecule has 2 unspecified atom stereocenters. The van der Waals surface area contributed by atoms with Gasteiger partial charge in [0.15, 0.2) is 0 Å². The molecule has 0 radical (unpaired) electrons. The molecule has 5 aliphatic heterocycles. The predicted octanol–water partition coefficient (Wildman–Crippen LogP) is 7.54. The third-order valence-electron chi connectivity index (χ3n) is 15.0. The summed E-state index contributed by atoms with van der Waals surface area (Å²) in [6.45, 7) is 53.7. The van der Waals surface area contributed by atoms with Crippen molar-refractivity contribution < 1.29 is 21.6 Å². The zero-order chi connectivity index (χ0) is 61.1. The molecule has 1 aromatic rings. The minimum Gasteiger partial charge on any atom is -0.336 e. The summed E-state index contributed by atoms with van der Waals surface area (Å²) in [5, 5.41) is 20.2. The first-order valence-corrected chi connectivity index (χ1v) is 35.7. The van der Waals surface area contributed by atoms with E-state index in [-0.39, 0.29) is 24.0 Å². The highest BCUT2D eigenvalue weighted by molar-refractivity contribution is 7.88. The molecule has 1 aromatic heterocycles. The summed E-state index contributed by atoms with van der Waals surface area (Å²) in [6.07, 6.45) is 15.3. The standard InChI is InChI=1S/C13H20N2O.C11H24N2.C10H22N2O2S.C10H22N2.C9H20N2O2S.C9H20N2/c1-10(2)9-15(11(3)4)13(16)12-6-5-7-14-8-12;1-4-13(9-10(2)3)11-5-7-12-8-6-11;1-9(2)8-12(15(3,13)14)10-4-6-11-7-5-10;1-4-12(8-9(2)3)10-5-6-11-7-10;1-8(2)7-11(14(3,12)13)9-4-5-10-6-9;1-8(2)7-11-9-3-5-10-6-4-9/h5-8,10-11H,9H2,1-4H3;10-12H,4-9H2,1-3H3;9-11H,4-8H2,1-3H3;9-11H,4-8H2,1-3H3;8-10H,4-7H2,1-3H3;8-11H,3-7H2,1-2H3. The molecule has 19 heteroatoms. The Hall–Kier alpha value is -1.88. The van der Waals surface area contributed by atoms with Gasteiger partial charge in [-0.1, -0.05) is 96.9 Å². The first-order valence-electron chi connectivity index (χ1n) is 32.0. The van der Waals surface area contributed by atoms with Crippen LogP contribution in [0.5, 0.6) is 0 Å². The second-order valence-electron chi connectivity index (χ2n) is 26.2. The van der Waals surface area contributed by atoms with E-state index in [4.69, 9.17) is 0 Å². The van der Waals surface area contributed by atoms with Crippen LogP contribution >= 0.6 is 0 Å². The van der Waals surface area contributed by atoms with Gasteiger partial charge < -0.3 is 41.7 Å². The van der Waals surface area contributed by atoms with E-state index in [9.17, 15) is 21.6 Å². The highest BCUT2D eigenvalue weighted by atomic mass is 32.2. The maximum atomic E-state index is 12.2. The van der Waals surface area contributed by atoms with Crippen LogP contribution in [0.25, 0.3) is 0 Å². The lowest BCUT2D eigenvalue weighted by atomic mass is 10.0. The van der Waals surface area contributed by atoms with Crippen molar-refractivity contribution in [1.82, 2.24) is 60.2 Å². The van der Waals surface area contributed by atoms with Crippen LogP contribution in [0.3, 0.4) is 0 Å². The molecule has 17 nitrogen and oxygen atoms in total. The Balaban J connectivity index is 0.000000488. The minimum absolute atomic E-state index is 0.0665. The molecule has 478 valence electrons. The summed E-state index contributed by atoms with van der Waals surface area (Å²) in [4.78, 5) is 23.3. The SMILES string of the molecule is CC(C)CN(C(=O)c1cccnc1)C(C)C.CC(C)CN(C1CCNC1)S(C)(=O)=O.CC(C)CN(C1CCNCC1)S(C)(=O)=O.CC(C)CNC1CCNCC1.CCN(CC(C)C)C1CCNC1.CCN(CC(C)C)C1CCNCC1. The molecule has 0 bridgehead atoms. The Morgan fingerprint density at radius 3 is 1.26 bits per heavy atom. The van der Waals surface area contributed by atoms with Gasteiger partial charge >= 0.3 is 0 Å². The topological polar surface area (TPSA) is 187 Å². The monoisotopic (exact) mass is 1180 g/mol. The number of nitrogens with zero attached hydrogens (tertiary/aromatic N) is 6. The fourth-order valence-electron chi connectivity index (χ4n) is 10.9. The fraction of sp³-hybridized carbons (Fsp3) is 0.903. The van der Waals surface area contributed by atoms with Gasteiger partial charge in [0.1, 0.15) is 0 Å². The van der Waals surface area contributed by atoms with Crippen molar-refractivity contribution in [3.63, 3.8) is 0 Å². The summed E-state index contributed by atoms with van der Waals surface area (Å²) in [5.41, 5.74) is 0.664. The summed E-state index contributed by atoms with van der Waals surface area (Å²) in [6, 6.07) is 6.60. The van der Waals surface area contributed by atoms with Crippen LogP contribution in [0.15, 0.2) is 24.5 Å². The van der Waals surface area contributed by atoms with E-state index in [0.29, 0.717) is 36.4 Å². The average Bonchev–Trinajstić information content (AvgIpc) is 4.17. The van der Waals surface area contributed by atoms with Crippen LogP contribution in [0.1, 0.15) is 173 Å². The second-order valence-corrected chi connectivity index (χ2v) is 30.1. The van der Waals surface area contributed by atoms with Crippen molar-refractivity contribution in [1.29, 1.82) is 0 Å². The quantitative estimate of drug-likeness (QED) is 0.0632. The zero-order valence-electron chi connectivity index (χ0n) is 55.2. The van der Waals surface area contributed by atoms with Crippen molar-refractivity contribution in [2.75, 3.05) is 130 Å². The fourth-order valence-corrected chi connectivity index (χ4v) is 13.6. The lowest BCUT2D eigenvalue weighted by molar-refractivity contribution is 0.0681. The number of carbonyl (C=O) groups is 1. The van der Waals surface area contributed by atoms with Gasteiger partial charge in [0.25, 0.3) is 5.91 Å². The molecular formula is C62H128N12O5S2. The number of carbonyl (C=O) groups excluding carboxylic acids is 1. The number of amides is 1. The van der Waals surface area contributed by atoms with Gasteiger partial charge in [-0.15, -0.1) is 0 Å². The Morgan fingerprint density at radius 2 is 0.901 bits per heavy atom. The van der Waals surface area contributed by atoms with Crippen molar-refractivity contribution in [2.24, 2.45) is 35.5 Å². The number of hydrogen-bond donors (Lipinski definition) is 6. The number of nitrogens with one attached hydrogen (secondary N) is 6. The van der Waals surface area contributed by atoms with Crippen molar-refractivity contribution in [2.45, 2.75) is 198 Å². The number of aromatic nitrogens is 1.